The van der Waals surface area contributed by atoms with Gasteiger partial charge in [0, 0.05) is 12.7 Å². The molecule has 0 spiro atoms. The van der Waals surface area contributed by atoms with Gasteiger partial charge in [-0.15, -0.1) is 0 Å². The van der Waals surface area contributed by atoms with E-state index in [1.807, 2.05) is 32.0 Å². The zero-order chi connectivity index (χ0) is 13.8. The van der Waals surface area contributed by atoms with Gasteiger partial charge in [-0.05, 0) is 37.1 Å². The molecule has 1 rings (SSSR count). The maximum atomic E-state index is 11.5. The molecule has 0 bridgehead atoms. The van der Waals surface area contributed by atoms with Gasteiger partial charge in [0.15, 0.2) is 0 Å². The van der Waals surface area contributed by atoms with Crippen molar-refractivity contribution in [3.63, 3.8) is 0 Å². The number of hydrogen-bond acceptors (Lipinski definition) is 3. The molecule has 0 aromatic heterocycles. The number of rotatable bonds is 5. The summed E-state index contributed by atoms with van der Waals surface area (Å²) in [6, 6.07) is 5.62. The molecule has 0 radical (unpaired) electrons. The first kappa shape index (κ1) is 14.6. The molecule has 3 N–H and O–H groups in total. The van der Waals surface area contributed by atoms with Crippen LogP contribution >= 0.6 is 0 Å². The molecule has 18 heavy (non-hydrogen) atoms. The van der Waals surface area contributed by atoms with Crippen molar-refractivity contribution in [1.82, 2.24) is 9.44 Å². The Bertz CT molecular complexity index is 520. The Labute approximate surface area is 107 Å². The number of hydrogen-bond donors (Lipinski definition) is 3. The molecule has 1 amide bonds. The fourth-order valence-corrected chi connectivity index (χ4v) is 1.95. The lowest BCUT2D eigenvalue weighted by Gasteiger charge is -2.08. The summed E-state index contributed by atoms with van der Waals surface area (Å²) in [5, 5.41) is 2.63. The molecule has 0 saturated heterocycles. The summed E-state index contributed by atoms with van der Waals surface area (Å²) in [5.74, 6) is -0.418. The monoisotopic (exact) mass is 271 g/mol. The second kappa shape index (κ2) is 5.94. The minimum Gasteiger partial charge on any atom is -0.325 e. The summed E-state index contributed by atoms with van der Waals surface area (Å²) < 4.78 is 26.3. The van der Waals surface area contributed by atoms with Crippen LogP contribution in [0.5, 0.6) is 0 Å². The Kier molecular flexibility index (Phi) is 4.83. The normalized spacial score (nSPS) is 11.3. The Morgan fingerprint density at radius 3 is 2.22 bits per heavy atom. The molecule has 1 aromatic carbocycles. The first-order valence-corrected chi connectivity index (χ1v) is 6.87. The largest absolute Gasteiger partial charge is 0.325 e. The Morgan fingerprint density at radius 1 is 1.17 bits per heavy atom. The molecule has 0 heterocycles. The topological polar surface area (TPSA) is 87.3 Å². The van der Waals surface area contributed by atoms with Gasteiger partial charge >= 0.3 is 0 Å². The number of amides is 1. The number of anilines is 1. The predicted molar refractivity (Wildman–Crippen MR) is 70.5 cm³/mol. The molecule has 0 aliphatic rings. The lowest BCUT2D eigenvalue weighted by Crippen LogP contribution is -2.39. The summed E-state index contributed by atoms with van der Waals surface area (Å²) >= 11 is 0. The number of aryl methyl sites for hydroxylation is 2. The summed E-state index contributed by atoms with van der Waals surface area (Å²) in [7, 11) is -2.32. The van der Waals surface area contributed by atoms with Crippen molar-refractivity contribution in [2.24, 2.45) is 0 Å². The number of benzene rings is 1. The van der Waals surface area contributed by atoms with Gasteiger partial charge in [0.05, 0.1) is 6.54 Å². The number of carbonyl (C=O) groups is 1. The third-order valence-electron chi connectivity index (χ3n) is 2.20. The summed E-state index contributed by atoms with van der Waals surface area (Å²) in [6.07, 6.45) is 0. The van der Waals surface area contributed by atoms with Crippen LogP contribution < -0.4 is 14.8 Å². The Morgan fingerprint density at radius 2 is 1.72 bits per heavy atom. The molecule has 0 fully saturated rings. The smallest absolute Gasteiger partial charge is 0.277 e. The fraction of sp³-hybridized carbons (Fsp3) is 0.364. The molecule has 0 aliphatic heterocycles. The van der Waals surface area contributed by atoms with Gasteiger partial charge < -0.3 is 5.32 Å². The average Bonchev–Trinajstić information content (AvgIpc) is 2.25. The van der Waals surface area contributed by atoms with Crippen molar-refractivity contribution in [3.05, 3.63) is 29.3 Å². The SMILES string of the molecule is CNS(=O)(=O)NCC(=O)Nc1cc(C)cc(C)c1. The van der Waals surface area contributed by atoms with Gasteiger partial charge in [-0.25, -0.2) is 4.72 Å². The highest BCUT2D eigenvalue weighted by Gasteiger charge is 2.09. The maximum Gasteiger partial charge on any atom is 0.277 e. The molecular weight excluding hydrogens is 254 g/mol. The summed E-state index contributed by atoms with van der Waals surface area (Å²) in [4.78, 5) is 11.5. The van der Waals surface area contributed by atoms with Crippen LogP contribution in [0.2, 0.25) is 0 Å². The summed E-state index contributed by atoms with van der Waals surface area (Å²) in [6.45, 7) is 3.54. The molecule has 0 unspecified atom stereocenters. The van der Waals surface area contributed by atoms with Gasteiger partial charge in [0.2, 0.25) is 5.91 Å². The van der Waals surface area contributed by atoms with E-state index in [1.165, 1.54) is 7.05 Å². The van der Waals surface area contributed by atoms with Gasteiger partial charge in [-0.3, -0.25) is 4.79 Å². The fourth-order valence-electron chi connectivity index (χ4n) is 1.48. The second-order valence-electron chi connectivity index (χ2n) is 3.95. The maximum absolute atomic E-state index is 11.5. The van der Waals surface area contributed by atoms with Crippen molar-refractivity contribution in [2.75, 3.05) is 18.9 Å². The van der Waals surface area contributed by atoms with Gasteiger partial charge in [-0.2, -0.15) is 13.1 Å². The second-order valence-corrected chi connectivity index (χ2v) is 5.66. The molecule has 0 aliphatic carbocycles. The van der Waals surface area contributed by atoms with Crippen molar-refractivity contribution < 1.29 is 13.2 Å². The van der Waals surface area contributed by atoms with Crippen LogP contribution in [0, 0.1) is 13.8 Å². The van der Waals surface area contributed by atoms with Crippen LogP contribution in [0.25, 0.3) is 0 Å². The van der Waals surface area contributed by atoms with E-state index < -0.39 is 16.1 Å². The van der Waals surface area contributed by atoms with Crippen LogP contribution in [-0.4, -0.2) is 27.9 Å². The van der Waals surface area contributed by atoms with Crippen LogP contribution in [-0.2, 0) is 15.0 Å². The third-order valence-corrected chi connectivity index (χ3v) is 3.26. The third kappa shape index (κ3) is 4.82. The van der Waals surface area contributed by atoms with Gasteiger partial charge in [0.25, 0.3) is 10.2 Å². The van der Waals surface area contributed by atoms with E-state index in [0.717, 1.165) is 11.1 Å². The zero-order valence-electron chi connectivity index (χ0n) is 10.6. The van der Waals surface area contributed by atoms with Gasteiger partial charge in [0.1, 0.15) is 0 Å². The molecule has 1 aromatic rings. The first-order valence-electron chi connectivity index (χ1n) is 5.38. The Balaban J connectivity index is 2.60. The highest BCUT2D eigenvalue weighted by Crippen LogP contribution is 2.13. The summed E-state index contributed by atoms with van der Waals surface area (Å²) in [5.41, 5.74) is 2.71. The molecule has 6 nitrogen and oxygen atoms in total. The molecule has 0 atom stereocenters. The Hall–Kier alpha value is -1.44. The van der Waals surface area contributed by atoms with E-state index in [-0.39, 0.29) is 6.54 Å². The van der Waals surface area contributed by atoms with Crippen molar-refractivity contribution in [1.29, 1.82) is 0 Å². The van der Waals surface area contributed by atoms with E-state index in [2.05, 4.69) is 14.8 Å². The van der Waals surface area contributed by atoms with Crippen LogP contribution in [0.3, 0.4) is 0 Å². The number of nitrogens with one attached hydrogen (secondary N) is 3. The minimum atomic E-state index is -3.58. The first-order chi connectivity index (χ1) is 8.32. The van der Waals surface area contributed by atoms with Crippen LogP contribution in [0.4, 0.5) is 5.69 Å². The van der Waals surface area contributed by atoms with E-state index >= 15 is 0 Å². The predicted octanol–water partition coefficient (Wildman–Crippen LogP) is 0.296. The van der Waals surface area contributed by atoms with E-state index in [9.17, 15) is 13.2 Å². The van der Waals surface area contributed by atoms with E-state index in [1.54, 1.807) is 0 Å². The molecule has 100 valence electrons. The highest BCUT2D eigenvalue weighted by molar-refractivity contribution is 7.87. The molecule has 0 saturated carbocycles. The average molecular weight is 271 g/mol. The lowest BCUT2D eigenvalue weighted by molar-refractivity contribution is -0.115. The quantitative estimate of drug-likeness (QED) is 0.719. The van der Waals surface area contributed by atoms with Crippen molar-refractivity contribution in [3.8, 4) is 0 Å². The minimum absolute atomic E-state index is 0.309. The number of carbonyl (C=O) groups excluding carboxylic acids is 1. The lowest BCUT2D eigenvalue weighted by atomic mass is 10.1. The standard InChI is InChI=1S/C11H17N3O3S/c1-8-4-9(2)6-10(5-8)14-11(15)7-13-18(16,17)12-3/h4-6,12-13H,7H2,1-3H3,(H,14,15). The molecular formula is C11H17N3O3S. The van der Waals surface area contributed by atoms with Crippen LogP contribution in [0.1, 0.15) is 11.1 Å². The van der Waals surface area contributed by atoms with E-state index in [4.69, 9.17) is 0 Å². The van der Waals surface area contributed by atoms with Crippen LogP contribution in [0.15, 0.2) is 18.2 Å². The molecule has 7 heteroatoms. The van der Waals surface area contributed by atoms with Gasteiger partial charge in [-0.1, -0.05) is 6.07 Å². The van der Waals surface area contributed by atoms with Crippen molar-refractivity contribution in [2.45, 2.75) is 13.8 Å². The van der Waals surface area contributed by atoms with E-state index in [0.29, 0.717) is 5.69 Å². The highest BCUT2D eigenvalue weighted by atomic mass is 32.2. The van der Waals surface area contributed by atoms with Crippen molar-refractivity contribution >= 4 is 21.8 Å². The zero-order valence-corrected chi connectivity index (χ0v) is 11.4.